The Hall–Kier alpha value is -0.810. The molecule has 0 aliphatic rings. The average Bonchev–Trinajstić information content (AvgIpc) is 2.01. The van der Waals surface area contributed by atoms with Crippen LogP contribution in [0, 0.1) is 17.2 Å². The topological polar surface area (TPSA) is 23.8 Å². The van der Waals surface area contributed by atoms with Gasteiger partial charge in [-0.1, -0.05) is 40.7 Å². The Labute approximate surface area is 75.9 Å². The van der Waals surface area contributed by atoms with Gasteiger partial charge in [0.25, 0.3) is 0 Å². The molecule has 0 aromatic rings. The predicted molar refractivity (Wildman–Crippen MR) is 51.1 cm³/mol. The molecule has 0 fully saturated rings. The van der Waals surface area contributed by atoms with Gasteiger partial charge in [0.2, 0.25) is 0 Å². The maximum absolute atomic E-state index is 8.42. The molecule has 1 unspecified atom stereocenters. The lowest BCUT2D eigenvalue weighted by molar-refractivity contribution is 0.956. The van der Waals surface area contributed by atoms with E-state index >= 15 is 0 Å². The molecule has 0 aliphatic carbocycles. The molecule has 11 heavy (non-hydrogen) atoms. The van der Waals surface area contributed by atoms with Crippen LogP contribution >= 0.6 is 15.9 Å². The van der Waals surface area contributed by atoms with Gasteiger partial charge >= 0.3 is 0 Å². The Morgan fingerprint density at radius 1 is 1.73 bits per heavy atom. The van der Waals surface area contributed by atoms with Gasteiger partial charge in [0.15, 0.2) is 0 Å². The number of halogens is 1. The fraction of sp³-hybridized carbons (Fsp3) is 0.222. The van der Waals surface area contributed by atoms with Gasteiger partial charge in [-0.2, -0.15) is 5.26 Å². The molecule has 0 saturated carbocycles. The Bertz CT molecular complexity index is 220. The first-order valence-electron chi connectivity index (χ1n) is 3.26. The van der Waals surface area contributed by atoms with Crippen LogP contribution in [0.2, 0.25) is 0 Å². The van der Waals surface area contributed by atoms with Crippen LogP contribution in [0.15, 0.2) is 35.4 Å². The number of rotatable bonds is 3. The molecule has 0 N–H and O–H groups in total. The maximum atomic E-state index is 8.42. The van der Waals surface area contributed by atoms with Gasteiger partial charge in [0.05, 0.1) is 12.0 Å². The van der Waals surface area contributed by atoms with Gasteiger partial charge in [-0.15, -0.1) is 0 Å². The highest BCUT2D eigenvalue weighted by atomic mass is 79.9. The van der Waals surface area contributed by atoms with Crippen molar-refractivity contribution in [3.8, 4) is 6.07 Å². The molecule has 0 aromatic heterocycles. The Balaban J connectivity index is 4.04. The molecule has 0 saturated heterocycles. The van der Waals surface area contributed by atoms with Crippen molar-refractivity contribution in [1.82, 2.24) is 0 Å². The highest BCUT2D eigenvalue weighted by Gasteiger charge is 1.89. The molecule has 1 atom stereocenters. The van der Waals surface area contributed by atoms with Crippen LogP contribution in [0.1, 0.15) is 6.92 Å². The largest absolute Gasteiger partial charge is 0.198 e. The third-order valence-corrected chi connectivity index (χ3v) is 1.55. The molecule has 0 aromatic carbocycles. The van der Waals surface area contributed by atoms with Crippen molar-refractivity contribution in [3.05, 3.63) is 35.4 Å². The lowest BCUT2D eigenvalue weighted by atomic mass is 10.2. The Kier molecular flexibility index (Phi) is 5.50. The minimum atomic E-state index is -0.0410. The number of allylic oxidation sites excluding steroid dienone is 5. The van der Waals surface area contributed by atoms with Crippen LogP contribution < -0.4 is 0 Å². The second-order valence-electron chi connectivity index (χ2n) is 2.06. The van der Waals surface area contributed by atoms with Crippen molar-refractivity contribution in [2.24, 2.45) is 5.92 Å². The minimum absolute atomic E-state index is 0.0410. The summed E-state index contributed by atoms with van der Waals surface area (Å²) >= 11 is 3.29. The summed E-state index contributed by atoms with van der Waals surface area (Å²) in [6.07, 6.45) is 7.17. The molecule has 0 aliphatic heterocycles. The van der Waals surface area contributed by atoms with E-state index in [1.54, 1.807) is 6.08 Å². The van der Waals surface area contributed by atoms with Crippen LogP contribution in [0.5, 0.6) is 0 Å². The van der Waals surface area contributed by atoms with Crippen molar-refractivity contribution in [3.63, 3.8) is 0 Å². The van der Waals surface area contributed by atoms with Gasteiger partial charge in [-0.25, -0.2) is 0 Å². The molecule has 0 rings (SSSR count). The first kappa shape index (κ1) is 10.2. The molecule has 58 valence electrons. The summed E-state index contributed by atoms with van der Waals surface area (Å²) in [6.45, 7) is 5.38. The zero-order chi connectivity index (χ0) is 8.69. The normalized spacial score (nSPS) is 14.5. The summed E-state index contributed by atoms with van der Waals surface area (Å²) in [6, 6.07) is 2.10. The summed E-state index contributed by atoms with van der Waals surface area (Å²) in [5.41, 5.74) is 0. The van der Waals surface area contributed by atoms with Crippen LogP contribution in [0.25, 0.3) is 0 Å². The second kappa shape index (κ2) is 5.94. The lowest BCUT2D eigenvalue weighted by Gasteiger charge is -1.89. The lowest BCUT2D eigenvalue weighted by Crippen LogP contribution is -1.80. The van der Waals surface area contributed by atoms with Gasteiger partial charge in [0, 0.05) is 4.48 Å². The molecule has 0 bridgehead atoms. The van der Waals surface area contributed by atoms with E-state index < -0.39 is 0 Å². The third-order valence-electron chi connectivity index (χ3n) is 1.02. The van der Waals surface area contributed by atoms with E-state index in [0.717, 1.165) is 4.48 Å². The van der Waals surface area contributed by atoms with Crippen molar-refractivity contribution in [2.45, 2.75) is 6.92 Å². The van der Waals surface area contributed by atoms with Gasteiger partial charge in [-0.05, 0) is 13.0 Å². The highest BCUT2D eigenvalue weighted by molar-refractivity contribution is 9.11. The summed E-state index contributed by atoms with van der Waals surface area (Å²) in [7, 11) is 0. The first-order valence-corrected chi connectivity index (χ1v) is 4.06. The van der Waals surface area contributed by atoms with E-state index in [4.69, 9.17) is 5.26 Å². The fourth-order valence-electron chi connectivity index (χ4n) is 0.447. The zero-order valence-electron chi connectivity index (χ0n) is 6.42. The van der Waals surface area contributed by atoms with Gasteiger partial charge in [-0.3, -0.25) is 0 Å². The van der Waals surface area contributed by atoms with Crippen molar-refractivity contribution >= 4 is 15.9 Å². The zero-order valence-corrected chi connectivity index (χ0v) is 8.01. The molecule has 0 spiro atoms. The fourth-order valence-corrected chi connectivity index (χ4v) is 0.787. The van der Waals surface area contributed by atoms with Crippen molar-refractivity contribution in [1.29, 1.82) is 5.26 Å². The number of nitrogens with zero attached hydrogens (tertiary/aromatic N) is 1. The Morgan fingerprint density at radius 2 is 2.36 bits per heavy atom. The maximum Gasteiger partial charge on any atom is 0.0694 e. The molecule has 1 nitrogen and oxygen atoms in total. The van der Waals surface area contributed by atoms with E-state index in [2.05, 4.69) is 28.6 Å². The minimum Gasteiger partial charge on any atom is -0.198 e. The summed E-state index contributed by atoms with van der Waals surface area (Å²) in [5, 5.41) is 8.42. The SMILES string of the molecule is C=C/C=C(Br)\C=C/C(C)C#N. The standard InChI is InChI=1S/C9H10BrN/c1-3-4-9(10)6-5-8(2)7-11/h3-6,8H,1H2,2H3/b6-5-,9-4+. The third kappa shape index (κ3) is 5.63. The van der Waals surface area contributed by atoms with Crippen molar-refractivity contribution in [2.75, 3.05) is 0 Å². The van der Waals surface area contributed by atoms with E-state index in [0.29, 0.717) is 0 Å². The molecular formula is C9H10BrN. The molecular weight excluding hydrogens is 202 g/mol. The summed E-state index contributed by atoms with van der Waals surface area (Å²) in [4.78, 5) is 0. The van der Waals surface area contributed by atoms with Gasteiger partial charge in [0.1, 0.15) is 0 Å². The van der Waals surface area contributed by atoms with Gasteiger partial charge < -0.3 is 0 Å². The van der Waals surface area contributed by atoms with E-state index in [9.17, 15) is 0 Å². The number of hydrogen-bond acceptors (Lipinski definition) is 1. The van der Waals surface area contributed by atoms with Crippen LogP contribution in [-0.4, -0.2) is 0 Å². The van der Waals surface area contributed by atoms with E-state index in [-0.39, 0.29) is 5.92 Å². The molecule has 0 amide bonds. The molecule has 0 heterocycles. The van der Waals surface area contributed by atoms with Crippen LogP contribution in [-0.2, 0) is 0 Å². The average molecular weight is 212 g/mol. The molecule has 2 heteroatoms. The summed E-state index contributed by atoms with van der Waals surface area (Å²) in [5.74, 6) is -0.0410. The second-order valence-corrected chi connectivity index (χ2v) is 2.98. The summed E-state index contributed by atoms with van der Waals surface area (Å²) < 4.78 is 0.926. The van der Waals surface area contributed by atoms with Crippen molar-refractivity contribution < 1.29 is 0 Å². The highest BCUT2D eigenvalue weighted by Crippen LogP contribution is 2.08. The van der Waals surface area contributed by atoms with E-state index in [1.807, 2.05) is 25.2 Å². The predicted octanol–water partition coefficient (Wildman–Crippen LogP) is 3.17. The first-order chi connectivity index (χ1) is 5.20. The monoisotopic (exact) mass is 211 g/mol. The smallest absolute Gasteiger partial charge is 0.0694 e. The Morgan fingerprint density at radius 3 is 2.82 bits per heavy atom. The van der Waals surface area contributed by atoms with E-state index in [1.165, 1.54) is 0 Å². The van der Waals surface area contributed by atoms with Crippen LogP contribution in [0.4, 0.5) is 0 Å². The molecule has 0 radical (unpaired) electrons. The van der Waals surface area contributed by atoms with Crippen LogP contribution in [0.3, 0.4) is 0 Å². The quantitative estimate of drug-likeness (QED) is 0.659. The number of nitriles is 1. The number of hydrogen-bond donors (Lipinski definition) is 0.